The van der Waals surface area contributed by atoms with Gasteiger partial charge in [0.15, 0.2) is 10.9 Å². The molecule has 0 fully saturated rings. The molecule has 1 heterocycles. The highest BCUT2D eigenvalue weighted by Crippen LogP contribution is 2.27. The highest BCUT2D eigenvalue weighted by atomic mass is 35.5. The number of nitrogens with one attached hydrogen (secondary N) is 2. The van der Waals surface area contributed by atoms with Gasteiger partial charge in [0.25, 0.3) is 5.56 Å². The third-order valence-electron chi connectivity index (χ3n) is 5.39. The van der Waals surface area contributed by atoms with Gasteiger partial charge in [-0.05, 0) is 61.6 Å². The summed E-state index contributed by atoms with van der Waals surface area (Å²) in [6, 6.07) is 20.9. The lowest BCUT2D eigenvalue weighted by molar-refractivity contribution is 0.103. The van der Waals surface area contributed by atoms with Crippen molar-refractivity contribution in [3.8, 4) is 5.69 Å². The lowest BCUT2D eigenvalue weighted by atomic mass is 10.0. The Labute approximate surface area is 211 Å². The summed E-state index contributed by atoms with van der Waals surface area (Å²) in [6.07, 6.45) is 0. The quantitative estimate of drug-likeness (QED) is 0.261. The van der Waals surface area contributed by atoms with E-state index >= 15 is 0 Å². The molecule has 1 aromatic heterocycles. The molecule has 0 amide bonds. The summed E-state index contributed by atoms with van der Waals surface area (Å²) >= 11 is 17.9. The minimum atomic E-state index is -0.305. The van der Waals surface area contributed by atoms with Crippen LogP contribution in [-0.4, -0.2) is 20.3 Å². The number of aromatic nitrogens is 2. The number of carbonyl (C=O) groups excluding carboxylic acids is 1. The Balaban J connectivity index is 1.64. The minimum absolute atomic E-state index is 0.154. The van der Waals surface area contributed by atoms with E-state index in [-0.39, 0.29) is 16.5 Å². The molecule has 0 radical (unpaired) electrons. The maximum absolute atomic E-state index is 13.2. The number of ketones is 1. The maximum Gasteiger partial charge on any atom is 0.295 e. The molecule has 6 nitrogen and oxygen atoms in total. The van der Waals surface area contributed by atoms with E-state index in [1.54, 1.807) is 58.9 Å². The molecule has 0 saturated carbocycles. The SMILES string of the molecule is Cc1c(NC(=S)Nc2ccc(Cl)cc2C(=O)c2ccccc2Cl)c(=O)n(-c2ccccc2)n1C. The molecular weight excluding hydrogens is 491 g/mol. The average molecular weight is 511 g/mol. The van der Waals surface area contributed by atoms with Crippen molar-refractivity contribution in [2.45, 2.75) is 6.92 Å². The van der Waals surface area contributed by atoms with Crippen LogP contribution in [-0.2, 0) is 7.05 Å². The second-order valence-corrected chi connectivity index (χ2v) is 8.77. The topological polar surface area (TPSA) is 68.1 Å². The molecule has 0 saturated heterocycles. The van der Waals surface area contributed by atoms with Crippen molar-refractivity contribution in [2.24, 2.45) is 7.05 Å². The van der Waals surface area contributed by atoms with Gasteiger partial charge in [-0.2, -0.15) is 0 Å². The lowest BCUT2D eigenvalue weighted by Gasteiger charge is -2.14. The minimum Gasteiger partial charge on any atom is -0.332 e. The molecule has 0 atom stereocenters. The number of benzene rings is 3. The number of anilines is 2. The molecule has 34 heavy (non-hydrogen) atoms. The first-order valence-corrected chi connectivity index (χ1v) is 11.4. The van der Waals surface area contributed by atoms with Gasteiger partial charge in [-0.1, -0.05) is 53.5 Å². The van der Waals surface area contributed by atoms with Crippen molar-refractivity contribution in [3.05, 3.63) is 110 Å². The summed E-state index contributed by atoms with van der Waals surface area (Å²) < 4.78 is 3.30. The zero-order valence-corrected chi connectivity index (χ0v) is 20.6. The van der Waals surface area contributed by atoms with E-state index in [1.807, 2.05) is 37.3 Å². The average Bonchev–Trinajstić information content (AvgIpc) is 3.03. The highest BCUT2D eigenvalue weighted by molar-refractivity contribution is 7.80. The molecule has 0 aliphatic rings. The van der Waals surface area contributed by atoms with Gasteiger partial charge < -0.3 is 10.6 Å². The first kappa shape index (κ1) is 23.8. The standard InChI is InChI=1S/C25H20Cl2N4O2S/c1-15-22(24(33)31(30(15)2)17-8-4-3-5-9-17)29-25(34)28-21-13-12-16(26)14-19(21)23(32)18-10-6-7-11-20(18)27/h3-14H,1-2H3,(H2,28,29,34). The van der Waals surface area contributed by atoms with E-state index in [2.05, 4.69) is 10.6 Å². The van der Waals surface area contributed by atoms with E-state index in [0.29, 0.717) is 38.2 Å². The Bertz CT molecular complexity index is 1460. The van der Waals surface area contributed by atoms with Gasteiger partial charge in [0.1, 0.15) is 5.69 Å². The van der Waals surface area contributed by atoms with Crippen LogP contribution in [0.15, 0.2) is 77.6 Å². The predicted octanol–water partition coefficient (Wildman–Crippen LogP) is 5.83. The Morgan fingerprint density at radius 2 is 1.59 bits per heavy atom. The third-order valence-corrected chi connectivity index (χ3v) is 6.15. The number of nitrogens with zero attached hydrogens (tertiary/aromatic N) is 2. The number of hydrogen-bond acceptors (Lipinski definition) is 3. The van der Waals surface area contributed by atoms with Crippen LogP contribution >= 0.6 is 35.4 Å². The first-order valence-electron chi connectivity index (χ1n) is 10.3. The molecule has 172 valence electrons. The summed E-state index contributed by atoms with van der Waals surface area (Å²) in [5.74, 6) is -0.305. The second-order valence-electron chi connectivity index (χ2n) is 7.51. The van der Waals surface area contributed by atoms with Gasteiger partial charge in [-0.3, -0.25) is 14.3 Å². The molecular formula is C25H20Cl2N4O2S. The Kier molecular flexibility index (Phi) is 6.88. The molecule has 3 aromatic carbocycles. The van der Waals surface area contributed by atoms with Gasteiger partial charge >= 0.3 is 0 Å². The summed E-state index contributed by atoms with van der Waals surface area (Å²) in [7, 11) is 1.80. The molecule has 0 aliphatic carbocycles. The van der Waals surface area contributed by atoms with Gasteiger partial charge in [-0.15, -0.1) is 0 Å². The Morgan fingerprint density at radius 3 is 2.29 bits per heavy atom. The smallest absolute Gasteiger partial charge is 0.295 e. The number of hydrogen-bond donors (Lipinski definition) is 2. The van der Waals surface area contributed by atoms with Crippen LogP contribution in [0.4, 0.5) is 11.4 Å². The monoisotopic (exact) mass is 510 g/mol. The van der Waals surface area contributed by atoms with Gasteiger partial charge in [0.05, 0.1) is 22.1 Å². The molecule has 2 N–H and O–H groups in total. The van der Waals surface area contributed by atoms with Crippen molar-refractivity contribution in [2.75, 3.05) is 10.6 Å². The van der Waals surface area contributed by atoms with Crippen LogP contribution < -0.4 is 16.2 Å². The molecule has 4 rings (SSSR count). The number of thiocarbonyl (C=S) groups is 1. The number of halogens is 2. The fourth-order valence-electron chi connectivity index (χ4n) is 3.58. The fraction of sp³-hybridized carbons (Fsp3) is 0.0800. The van der Waals surface area contributed by atoms with E-state index in [4.69, 9.17) is 35.4 Å². The number of para-hydroxylation sites is 1. The first-order chi connectivity index (χ1) is 16.3. The van der Waals surface area contributed by atoms with Crippen molar-refractivity contribution in [1.29, 1.82) is 0 Å². The largest absolute Gasteiger partial charge is 0.332 e. The fourth-order valence-corrected chi connectivity index (χ4v) is 4.19. The molecule has 0 spiro atoms. The van der Waals surface area contributed by atoms with Gasteiger partial charge in [-0.25, -0.2) is 4.68 Å². The van der Waals surface area contributed by atoms with E-state index in [9.17, 15) is 9.59 Å². The summed E-state index contributed by atoms with van der Waals surface area (Å²) in [6.45, 7) is 1.82. The van der Waals surface area contributed by atoms with Crippen molar-refractivity contribution < 1.29 is 4.79 Å². The van der Waals surface area contributed by atoms with Gasteiger partial charge in [0, 0.05) is 23.2 Å². The van der Waals surface area contributed by atoms with Crippen LogP contribution in [0.25, 0.3) is 5.69 Å². The molecule has 0 bridgehead atoms. The van der Waals surface area contributed by atoms with Crippen molar-refractivity contribution in [1.82, 2.24) is 9.36 Å². The Morgan fingerprint density at radius 1 is 0.912 bits per heavy atom. The second kappa shape index (κ2) is 9.85. The zero-order chi connectivity index (χ0) is 24.4. The van der Waals surface area contributed by atoms with Gasteiger partial charge in [0.2, 0.25) is 0 Å². The lowest BCUT2D eigenvalue weighted by Crippen LogP contribution is -2.26. The highest BCUT2D eigenvalue weighted by Gasteiger charge is 2.20. The van der Waals surface area contributed by atoms with Crippen LogP contribution in [0.5, 0.6) is 0 Å². The molecule has 9 heteroatoms. The van der Waals surface area contributed by atoms with Crippen LogP contribution in [0.2, 0.25) is 10.0 Å². The van der Waals surface area contributed by atoms with Crippen LogP contribution in [0.3, 0.4) is 0 Å². The third kappa shape index (κ3) is 4.63. The van der Waals surface area contributed by atoms with E-state index < -0.39 is 0 Å². The zero-order valence-electron chi connectivity index (χ0n) is 18.3. The van der Waals surface area contributed by atoms with Crippen molar-refractivity contribution >= 4 is 57.7 Å². The number of carbonyl (C=O) groups is 1. The van der Waals surface area contributed by atoms with E-state index in [1.165, 1.54) is 0 Å². The Hall–Kier alpha value is -3.39. The molecule has 4 aromatic rings. The molecule has 0 aliphatic heterocycles. The van der Waals surface area contributed by atoms with Crippen molar-refractivity contribution in [3.63, 3.8) is 0 Å². The summed E-state index contributed by atoms with van der Waals surface area (Å²) in [4.78, 5) is 26.3. The van der Waals surface area contributed by atoms with Crippen LogP contribution in [0.1, 0.15) is 21.6 Å². The summed E-state index contributed by atoms with van der Waals surface area (Å²) in [5.41, 5.74) is 2.59. The normalized spacial score (nSPS) is 10.7. The summed E-state index contributed by atoms with van der Waals surface area (Å²) in [5, 5.41) is 6.89. The predicted molar refractivity (Wildman–Crippen MR) is 142 cm³/mol. The van der Waals surface area contributed by atoms with E-state index in [0.717, 1.165) is 5.69 Å². The van der Waals surface area contributed by atoms with Crippen LogP contribution in [0, 0.1) is 6.92 Å². The molecule has 0 unspecified atom stereocenters. The number of rotatable bonds is 5. The maximum atomic E-state index is 13.2.